The van der Waals surface area contributed by atoms with E-state index in [1.165, 1.54) is 4.90 Å². The third-order valence-corrected chi connectivity index (χ3v) is 9.92. The van der Waals surface area contributed by atoms with Gasteiger partial charge in [0.1, 0.15) is 0 Å². The molecule has 3 aromatic carbocycles. The van der Waals surface area contributed by atoms with E-state index in [4.69, 9.17) is 4.98 Å². The first-order chi connectivity index (χ1) is 21.8. The van der Waals surface area contributed by atoms with Crippen molar-refractivity contribution in [2.45, 2.75) is 43.7 Å². The van der Waals surface area contributed by atoms with Crippen molar-refractivity contribution in [3.05, 3.63) is 120 Å². The first-order valence-corrected chi connectivity index (χ1v) is 15.4. The lowest BCUT2D eigenvalue weighted by Gasteiger charge is -2.57. The minimum absolute atomic E-state index is 0.215. The molecule has 2 aliphatic carbocycles. The monoisotopic (exact) mass is 591 g/mol. The van der Waals surface area contributed by atoms with E-state index in [9.17, 15) is 14.7 Å². The van der Waals surface area contributed by atoms with Crippen molar-refractivity contribution in [2.24, 2.45) is 5.92 Å². The number of fused-ring (bicyclic) bond motifs is 4. The molecule has 0 unspecified atom stereocenters. The Morgan fingerprint density at radius 3 is 2.13 bits per heavy atom. The number of hydrogen-bond acceptors (Lipinski definition) is 6. The summed E-state index contributed by atoms with van der Waals surface area (Å²) in [5.74, 6) is -0.382. The highest BCUT2D eigenvalue weighted by atomic mass is 16.3. The lowest BCUT2D eigenvalue weighted by molar-refractivity contribution is -0.143. The van der Waals surface area contributed by atoms with Crippen LogP contribution in [-0.2, 0) is 5.54 Å². The molecule has 3 aromatic heterocycles. The number of benzene rings is 3. The fourth-order valence-electron chi connectivity index (χ4n) is 7.59. The second-order valence-electron chi connectivity index (χ2n) is 12.8. The Morgan fingerprint density at radius 1 is 0.800 bits per heavy atom. The summed E-state index contributed by atoms with van der Waals surface area (Å²) in [5.41, 5.74) is 5.85. The smallest absolute Gasteiger partial charge is 0.262 e. The summed E-state index contributed by atoms with van der Waals surface area (Å²) < 4.78 is 1.78. The summed E-state index contributed by atoms with van der Waals surface area (Å²) in [5, 5.41) is 17.0. The van der Waals surface area contributed by atoms with E-state index in [1.54, 1.807) is 28.8 Å². The number of amides is 2. The summed E-state index contributed by atoms with van der Waals surface area (Å²) in [6, 6.07) is 29.2. The first-order valence-electron chi connectivity index (χ1n) is 15.4. The second kappa shape index (κ2) is 9.15. The Hall–Kier alpha value is -5.21. The number of imide groups is 1. The summed E-state index contributed by atoms with van der Waals surface area (Å²) in [4.78, 5) is 38.7. The minimum Gasteiger partial charge on any atom is -0.389 e. The molecule has 0 saturated heterocycles. The second-order valence-corrected chi connectivity index (χ2v) is 12.8. The maximum atomic E-state index is 13.7. The molecule has 0 spiro atoms. The number of carbonyl (C=O) groups excluding carboxylic acids is 2. The van der Waals surface area contributed by atoms with Crippen molar-refractivity contribution in [3.8, 4) is 22.4 Å². The topological polar surface area (TPSA) is 101 Å². The van der Waals surface area contributed by atoms with Gasteiger partial charge in [0.25, 0.3) is 11.8 Å². The fourth-order valence-corrected chi connectivity index (χ4v) is 7.59. The molecule has 1 aliphatic heterocycles. The number of nitrogens with zero attached hydrogens (tertiary/aromatic N) is 5. The number of aliphatic hydroxyl groups is 1. The van der Waals surface area contributed by atoms with Crippen LogP contribution in [0.4, 0.5) is 0 Å². The van der Waals surface area contributed by atoms with Crippen LogP contribution in [0.15, 0.2) is 97.2 Å². The summed E-state index contributed by atoms with van der Waals surface area (Å²) in [6.07, 6.45) is 4.46. The van der Waals surface area contributed by atoms with Crippen LogP contribution in [0.1, 0.15) is 57.7 Å². The molecule has 8 heteroatoms. The highest BCUT2D eigenvalue weighted by Gasteiger charge is 2.66. The number of aromatic nitrogens is 4. The van der Waals surface area contributed by atoms with Crippen molar-refractivity contribution in [1.82, 2.24) is 24.5 Å². The molecule has 0 atom stereocenters. The molecule has 1 N–H and O–H groups in total. The van der Waals surface area contributed by atoms with E-state index < -0.39 is 11.1 Å². The molecule has 9 rings (SSSR count). The lowest BCUT2D eigenvalue weighted by atomic mass is 9.58. The third kappa shape index (κ3) is 3.78. The molecular weight excluding hydrogens is 562 g/mol. The predicted octanol–water partition coefficient (Wildman–Crippen LogP) is 6.35. The van der Waals surface area contributed by atoms with Crippen LogP contribution in [0.5, 0.6) is 0 Å². The molecule has 8 nitrogen and oxygen atoms in total. The van der Waals surface area contributed by atoms with Crippen LogP contribution in [0.2, 0.25) is 0 Å². The summed E-state index contributed by atoms with van der Waals surface area (Å²) >= 11 is 0. The van der Waals surface area contributed by atoms with Crippen LogP contribution >= 0.6 is 0 Å². The maximum absolute atomic E-state index is 13.7. The van der Waals surface area contributed by atoms with Crippen molar-refractivity contribution in [2.75, 3.05) is 0 Å². The van der Waals surface area contributed by atoms with Crippen LogP contribution < -0.4 is 0 Å². The van der Waals surface area contributed by atoms with Crippen molar-refractivity contribution in [3.63, 3.8) is 0 Å². The zero-order valence-corrected chi connectivity index (χ0v) is 24.6. The Balaban J connectivity index is 1.18. The molecule has 0 radical (unpaired) electrons. The van der Waals surface area contributed by atoms with E-state index in [1.807, 2.05) is 61.7 Å². The van der Waals surface area contributed by atoms with Crippen molar-refractivity contribution >= 4 is 28.5 Å². The molecule has 3 aliphatic rings. The molecule has 2 fully saturated rings. The van der Waals surface area contributed by atoms with Gasteiger partial charge in [0.15, 0.2) is 11.3 Å². The molecule has 220 valence electrons. The zero-order chi connectivity index (χ0) is 30.5. The van der Waals surface area contributed by atoms with Crippen LogP contribution in [0, 0.1) is 12.8 Å². The molecule has 2 saturated carbocycles. The van der Waals surface area contributed by atoms with Crippen LogP contribution in [-0.4, -0.2) is 47.0 Å². The number of hydrogen-bond donors (Lipinski definition) is 1. The van der Waals surface area contributed by atoms with Gasteiger partial charge in [-0.2, -0.15) is 9.61 Å². The molecule has 45 heavy (non-hydrogen) atoms. The van der Waals surface area contributed by atoms with E-state index in [0.717, 1.165) is 57.5 Å². The summed E-state index contributed by atoms with van der Waals surface area (Å²) in [7, 11) is 0. The van der Waals surface area contributed by atoms with Gasteiger partial charge in [-0.05, 0) is 55.0 Å². The lowest BCUT2D eigenvalue weighted by Crippen LogP contribution is -2.65. The van der Waals surface area contributed by atoms with Gasteiger partial charge in [0, 0.05) is 41.6 Å². The Kier molecular flexibility index (Phi) is 5.33. The van der Waals surface area contributed by atoms with E-state index in [2.05, 4.69) is 28.3 Å². The van der Waals surface area contributed by atoms with Gasteiger partial charge in [-0.25, -0.2) is 9.97 Å². The molecule has 2 amide bonds. The zero-order valence-electron chi connectivity index (χ0n) is 24.6. The molecule has 4 heterocycles. The van der Waals surface area contributed by atoms with Gasteiger partial charge >= 0.3 is 0 Å². The first kappa shape index (κ1) is 26.2. The van der Waals surface area contributed by atoms with Crippen LogP contribution in [0.3, 0.4) is 0 Å². The van der Waals surface area contributed by atoms with Crippen LogP contribution in [0.25, 0.3) is 39.1 Å². The van der Waals surface area contributed by atoms with Crippen molar-refractivity contribution < 1.29 is 14.7 Å². The minimum atomic E-state index is -0.924. The fraction of sp³-hybridized carbons (Fsp3) is 0.216. The highest BCUT2D eigenvalue weighted by Crippen LogP contribution is 2.61. The number of aryl methyl sites for hydroxylation is 1. The van der Waals surface area contributed by atoms with Gasteiger partial charge in [-0.1, -0.05) is 66.7 Å². The molecular formula is C37H29N5O3. The third-order valence-electron chi connectivity index (χ3n) is 9.92. The normalized spacial score (nSPS) is 22.7. The summed E-state index contributed by atoms with van der Waals surface area (Å²) in [6.45, 7) is 1.94. The number of rotatable bonds is 5. The maximum Gasteiger partial charge on any atom is 0.262 e. The number of carbonyl (C=O) groups is 2. The van der Waals surface area contributed by atoms with Gasteiger partial charge in [0.05, 0.1) is 33.7 Å². The van der Waals surface area contributed by atoms with Gasteiger partial charge in [-0.15, -0.1) is 0 Å². The Labute approximate surface area is 259 Å². The quantitative estimate of drug-likeness (QED) is 0.235. The average Bonchev–Trinajstić information content (AvgIpc) is 3.79. The predicted molar refractivity (Wildman–Crippen MR) is 169 cm³/mol. The molecule has 0 bridgehead atoms. The van der Waals surface area contributed by atoms with Crippen molar-refractivity contribution in [1.29, 1.82) is 0 Å². The Bertz CT molecular complexity index is 2160. The van der Waals surface area contributed by atoms with E-state index >= 15 is 0 Å². The van der Waals surface area contributed by atoms with E-state index in [0.29, 0.717) is 29.6 Å². The van der Waals surface area contributed by atoms with Gasteiger partial charge in [0.2, 0.25) is 0 Å². The molecule has 6 aromatic rings. The largest absolute Gasteiger partial charge is 0.389 e. The van der Waals surface area contributed by atoms with E-state index in [-0.39, 0.29) is 17.7 Å². The number of pyridine rings is 1. The Morgan fingerprint density at radius 2 is 1.47 bits per heavy atom. The highest BCUT2D eigenvalue weighted by molar-refractivity contribution is 6.22. The standard InChI is InChI=1S/C37H29N5O3/c1-22-17-31-38-19-25-18-30(23-7-3-2-4-8-23)32(39-33(25)42(31)40-22)24-11-13-26(14-12-24)36(20-37(45,21-36)27-15-16-27)41-34(43)28-9-5-6-10-29(28)35(41)44/h2-14,17-19,27,45H,15-16,20-21H2,1H3/t36-,37+. The average molecular weight is 592 g/mol. The van der Waals surface area contributed by atoms with Gasteiger partial charge < -0.3 is 5.11 Å². The van der Waals surface area contributed by atoms with Gasteiger partial charge in [-0.3, -0.25) is 14.5 Å². The SMILES string of the molecule is Cc1cc2ncc3cc(-c4ccccc4)c(-c4ccc([C@]5(N6C(=O)c7ccccc7C6=O)C[C@](O)(C6CC6)C5)cc4)nc3n2n1.